The standard InChI is InChI=1S/C42H72O14/c1-20(9-13-29(39(4,5)52)56-37-35(51)33(49)31(47)25(19-44)54-37)21-15-16-40(6)26-12-10-22-23(42(26,8)27(45)17-41(21,40)7)11-14-28(38(22,2)3)55-36-34(50)32(48)30(46)24(18-43)53-36/h10,20-21,23-37,43-52H,9,11-19H2,1-8H3/t20-,21?,23?,24-,25-,26?,27+,28+,29-,30-,31-,32+,33+,34-,35-,36+,37+,40+,41-,42+/m1/s1. The van der Waals surface area contributed by atoms with Crippen LogP contribution in [0.25, 0.3) is 0 Å². The van der Waals surface area contributed by atoms with Gasteiger partial charge in [-0.3, -0.25) is 0 Å². The van der Waals surface area contributed by atoms with E-state index < -0.39 is 103 Å². The molecule has 10 N–H and O–H groups in total. The molecule has 4 aliphatic carbocycles. The molecular weight excluding hydrogens is 728 g/mol. The molecule has 3 unspecified atom stereocenters. The van der Waals surface area contributed by atoms with Crippen molar-refractivity contribution in [2.75, 3.05) is 13.2 Å². The molecule has 56 heavy (non-hydrogen) atoms. The van der Waals surface area contributed by atoms with Crippen molar-refractivity contribution in [3.05, 3.63) is 11.6 Å². The molecule has 0 aromatic heterocycles. The van der Waals surface area contributed by atoms with E-state index in [0.717, 1.165) is 25.7 Å². The Morgan fingerprint density at radius 2 is 1.34 bits per heavy atom. The Labute approximate surface area is 331 Å². The third kappa shape index (κ3) is 7.16. The molecule has 0 spiro atoms. The summed E-state index contributed by atoms with van der Waals surface area (Å²) >= 11 is 0. The van der Waals surface area contributed by atoms with Crippen molar-refractivity contribution in [1.82, 2.24) is 0 Å². The normalized spacial score (nSPS) is 50.3. The van der Waals surface area contributed by atoms with Crippen LogP contribution in [0.2, 0.25) is 0 Å². The van der Waals surface area contributed by atoms with Crippen LogP contribution in [0.3, 0.4) is 0 Å². The third-order valence-electron chi connectivity index (χ3n) is 16.6. The van der Waals surface area contributed by atoms with Gasteiger partial charge < -0.3 is 70.0 Å². The van der Waals surface area contributed by atoms with Crippen LogP contribution in [0, 0.1) is 45.3 Å². The Bertz CT molecular complexity index is 1400. The van der Waals surface area contributed by atoms with E-state index in [1.54, 1.807) is 13.8 Å². The molecule has 0 amide bonds. The van der Waals surface area contributed by atoms with Crippen molar-refractivity contribution >= 4 is 0 Å². The lowest BCUT2D eigenvalue weighted by molar-refractivity contribution is -0.322. The molecule has 14 nitrogen and oxygen atoms in total. The number of rotatable bonds is 11. The summed E-state index contributed by atoms with van der Waals surface area (Å²) in [6, 6.07) is 0. The van der Waals surface area contributed by atoms with E-state index in [9.17, 15) is 51.1 Å². The summed E-state index contributed by atoms with van der Waals surface area (Å²) in [4.78, 5) is 0. The number of allylic oxidation sites excluding steroid dienone is 1. The molecule has 0 aromatic carbocycles. The van der Waals surface area contributed by atoms with E-state index in [4.69, 9.17) is 18.9 Å². The van der Waals surface area contributed by atoms with Gasteiger partial charge in [0.2, 0.25) is 0 Å². The van der Waals surface area contributed by atoms with Crippen LogP contribution in [0.15, 0.2) is 11.6 Å². The molecule has 0 bridgehead atoms. The Hall–Kier alpha value is -0.820. The molecule has 20 atom stereocenters. The minimum Gasteiger partial charge on any atom is -0.394 e. The zero-order chi connectivity index (χ0) is 41.5. The molecule has 0 aromatic rings. The van der Waals surface area contributed by atoms with Gasteiger partial charge in [0.25, 0.3) is 0 Å². The average molecular weight is 801 g/mol. The molecule has 5 fully saturated rings. The van der Waals surface area contributed by atoms with Gasteiger partial charge in [-0.05, 0) is 99.7 Å². The van der Waals surface area contributed by atoms with E-state index in [2.05, 4.69) is 47.6 Å². The fourth-order valence-corrected chi connectivity index (χ4v) is 12.8. The van der Waals surface area contributed by atoms with Crippen molar-refractivity contribution in [1.29, 1.82) is 0 Å². The number of aliphatic hydroxyl groups is 10. The van der Waals surface area contributed by atoms with Gasteiger partial charge in [-0.15, -0.1) is 0 Å². The first-order chi connectivity index (χ1) is 26.0. The first-order valence-corrected chi connectivity index (χ1v) is 21.0. The number of ether oxygens (including phenoxy) is 4. The highest BCUT2D eigenvalue weighted by Gasteiger charge is 2.70. The summed E-state index contributed by atoms with van der Waals surface area (Å²) in [5, 5.41) is 106. The largest absolute Gasteiger partial charge is 0.394 e. The van der Waals surface area contributed by atoms with Gasteiger partial charge in [0, 0.05) is 10.8 Å². The Morgan fingerprint density at radius 3 is 1.91 bits per heavy atom. The van der Waals surface area contributed by atoms with Gasteiger partial charge in [0.1, 0.15) is 48.8 Å². The molecule has 324 valence electrons. The zero-order valence-electron chi connectivity index (χ0n) is 34.6. The van der Waals surface area contributed by atoms with Crippen molar-refractivity contribution in [3.8, 4) is 0 Å². The van der Waals surface area contributed by atoms with Crippen LogP contribution < -0.4 is 0 Å². The number of hydrogen-bond donors (Lipinski definition) is 10. The molecule has 2 saturated heterocycles. The van der Waals surface area contributed by atoms with Crippen molar-refractivity contribution in [2.45, 2.75) is 192 Å². The quantitative estimate of drug-likeness (QED) is 0.132. The maximum absolute atomic E-state index is 12.5. The van der Waals surface area contributed by atoms with Crippen LogP contribution in [0.4, 0.5) is 0 Å². The summed E-state index contributed by atoms with van der Waals surface area (Å²) in [5.41, 5.74) is -1.23. The number of aliphatic hydroxyl groups excluding tert-OH is 9. The maximum Gasteiger partial charge on any atom is 0.187 e. The van der Waals surface area contributed by atoms with Crippen LogP contribution in [-0.4, -0.2) is 150 Å². The third-order valence-corrected chi connectivity index (χ3v) is 16.6. The van der Waals surface area contributed by atoms with Gasteiger partial charge >= 0.3 is 0 Å². The van der Waals surface area contributed by atoms with E-state index in [-0.39, 0.29) is 40.6 Å². The fraction of sp³-hybridized carbons (Fsp3) is 0.952. The van der Waals surface area contributed by atoms with Gasteiger partial charge in [0.15, 0.2) is 12.6 Å². The van der Waals surface area contributed by atoms with Gasteiger partial charge in [-0.1, -0.05) is 53.2 Å². The van der Waals surface area contributed by atoms with Gasteiger partial charge in [0.05, 0.1) is 37.1 Å². The second kappa shape index (κ2) is 15.9. The summed E-state index contributed by atoms with van der Waals surface area (Å²) in [6.45, 7) is 15.7. The predicted octanol–water partition coefficient (Wildman–Crippen LogP) is 1.12. The zero-order valence-corrected chi connectivity index (χ0v) is 34.6. The summed E-state index contributed by atoms with van der Waals surface area (Å²) in [6.07, 6.45) is -7.19. The number of hydrogen-bond acceptors (Lipinski definition) is 14. The molecule has 3 saturated carbocycles. The highest BCUT2D eigenvalue weighted by molar-refractivity contribution is 5.32. The highest BCUT2D eigenvalue weighted by atomic mass is 16.7. The van der Waals surface area contributed by atoms with Crippen LogP contribution in [-0.2, 0) is 18.9 Å². The summed E-state index contributed by atoms with van der Waals surface area (Å²) in [7, 11) is 0. The van der Waals surface area contributed by atoms with Crippen molar-refractivity contribution in [3.63, 3.8) is 0 Å². The SMILES string of the molecule is C[C@H](CC[C@@H](O[C@@H]1O[C@H](CO)[C@@H](O)[C@H](O)[C@H]1O)C(C)(C)O)C1CC[C@@]2(C)C3CC=C4C(CC[C@H](O[C@@H]5O[C@H](CO)[C@@H](O)[C@H](O)[C@H]5O)C4(C)C)[C@]3(C)[C@@H](O)C[C@]12C. The number of fused-ring (bicyclic) bond motifs is 5. The minimum absolute atomic E-state index is 0.0712. The van der Waals surface area contributed by atoms with Crippen molar-refractivity contribution < 1.29 is 70.0 Å². The van der Waals surface area contributed by atoms with E-state index in [1.807, 2.05) is 0 Å². The van der Waals surface area contributed by atoms with Gasteiger partial charge in [-0.25, -0.2) is 0 Å². The second-order valence-electron chi connectivity index (χ2n) is 20.2. The van der Waals surface area contributed by atoms with Crippen LogP contribution in [0.5, 0.6) is 0 Å². The summed E-state index contributed by atoms with van der Waals surface area (Å²) < 4.78 is 23.9. The lowest BCUT2D eigenvalue weighted by Crippen LogP contribution is -2.65. The molecule has 2 aliphatic heterocycles. The average Bonchev–Trinajstić information content (AvgIpc) is 3.40. The second-order valence-corrected chi connectivity index (χ2v) is 20.2. The molecule has 14 heteroatoms. The predicted molar refractivity (Wildman–Crippen MR) is 202 cm³/mol. The minimum atomic E-state index is -1.58. The molecule has 6 rings (SSSR count). The maximum atomic E-state index is 12.5. The molecule has 0 radical (unpaired) electrons. The summed E-state index contributed by atoms with van der Waals surface area (Å²) in [5.74, 6) is 0.800. The first-order valence-electron chi connectivity index (χ1n) is 21.0. The van der Waals surface area contributed by atoms with E-state index >= 15 is 0 Å². The topological polar surface area (TPSA) is 239 Å². The van der Waals surface area contributed by atoms with Crippen molar-refractivity contribution in [2.24, 2.45) is 45.3 Å². The molecular formula is C42H72O14. The Morgan fingerprint density at radius 1 is 0.768 bits per heavy atom. The monoisotopic (exact) mass is 800 g/mol. The Kier molecular flexibility index (Phi) is 12.7. The lowest BCUT2D eigenvalue weighted by atomic mass is 9.38. The van der Waals surface area contributed by atoms with Crippen LogP contribution in [0.1, 0.15) is 107 Å². The lowest BCUT2D eigenvalue weighted by Gasteiger charge is -2.67. The molecule has 2 heterocycles. The van der Waals surface area contributed by atoms with E-state index in [0.29, 0.717) is 25.7 Å². The highest BCUT2D eigenvalue weighted by Crippen LogP contribution is 2.75. The molecule has 6 aliphatic rings. The fourth-order valence-electron chi connectivity index (χ4n) is 12.8. The van der Waals surface area contributed by atoms with E-state index in [1.165, 1.54) is 5.57 Å². The van der Waals surface area contributed by atoms with Gasteiger partial charge in [-0.2, -0.15) is 0 Å². The Balaban J connectivity index is 1.17. The van der Waals surface area contributed by atoms with Crippen LogP contribution >= 0.6 is 0 Å². The first kappa shape index (κ1) is 44.7. The smallest absolute Gasteiger partial charge is 0.187 e.